The average molecular weight is 684 g/mol. The summed E-state index contributed by atoms with van der Waals surface area (Å²) < 4.78 is 4.91. The van der Waals surface area contributed by atoms with Gasteiger partial charge >= 0.3 is 0 Å². The first-order valence-electron chi connectivity index (χ1n) is 18.0. The van der Waals surface area contributed by atoms with E-state index in [9.17, 15) is 0 Å². The number of hydrogen-bond donors (Lipinski definition) is 0. The van der Waals surface area contributed by atoms with E-state index in [2.05, 4.69) is 171 Å². The molecule has 0 radical (unpaired) electrons. The monoisotopic (exact) mass is 683 g/mol. The summed E-state index contributed by atoms with van der Waals surface area (Å²) in [6.45, 7) is 6.83. The first-order valence-corrected chi connectivity index (χ1v) is 18.8. The zero-order valence-corrected chi connectivity index (χ0v) is 29.9. The highest BCUT2D eigenvalue weighted by atomic mass is 32.1. The molecule has 52 heavy (non-hydrogen) atoms. The van der Waals surface area contributed by atoms with Crippen molar-refractivity contribution >= 4 is 91.5 Å². The van der Waals surface area contributed by atoms with Gasteiger partial charge in [-0.05, 0) is 81.6 Å². The SMILES string of the molecule is C/C=C\C=C1/c2cc3ccccc3c3cccc4c3c3c2c(ccc3n4-c2nc3ccccc3nc2-c2cccc3c2sc2ccccc23)C1(C)C. The van der Waals surface area contributed by atoms with Gasteiger partial charge in [0.1, 0.15) is 5.69 Å². The molecule has 0 amide bonds. The van der Waals surface area contributed by atoms with Crippen molar-refractivity contribution < 1.29 is 0 Å². The number of rotatable bonds is 3. The maximum atomic E-state index is 5.54. The van der Waals surface area contributed by atoms with E-state index in [1.165, 1.54) is 69.2 Å². The minimum Gasteiger partial charge on any atom is -0.292 e. The molecular formula is C48H33N3S. The second kappa shape index (κ2) is 10.7. The Bertz CT molecular complexity index is 3230. The third-order valence-corrected chi connectivity index (χ3v) is 12.5. The highest BCUT2D eigenvalue weighted by Gasteiger charge is 2.37. The fourth-order valence-corrected chi connectivity index (χ4v) is 10.2. The summed E-state index contributed by atoms with van der Waals surface area (Å²) in [5.74, 6) is 0.848. The van der Waals surface area contributed by atoms with Gasteiger partial charge in [-0.25, -0.2) is 9.97 Å². The van der Waals surface area contributed by atoms with Gasteiger partial charge in [-0.1, -0.05) is 123 Å². The van der Waals surface area contributed by atoms with Crippen LogP contribution in [0.3, 0.4) is 0 Å². The lowest BCUT2D eigenvalue weighted by molar-refractivity contribution is 0.712. The van der Waals surface area contributed by atoms with Crippen molar-refractivity contribution in [3.63, 3.8) is 0 Å². The lowest BCUT2D eigenvalue weighted by atomic mass is 9.81. The molecule has 0 spiro atoms. The standard InChI is InChI=1S/C48H33N3S/c1-4-5-20-35-34-27-28-14-6-7-15-29(28)31-17-13-23-39-43(31)44-40(26-25-36(42(34)44)48(35,2)3)51(39)47-45(49-37-21-9-10-22-38(37)50-47)33-19-12-18-32-30-16-8-11-24-41(30)52-46(32)33/h4-27H,1-3H3/b5-4-,28-27?,31-29?,34-27?,35-20+. The van der Waals surface area contributed by atoms with Crippen LogP contribution >= 0.6 is 11.3 Å². The fourth-order valence-electron chi connectivity index (χ4n) is 8.94. The molecule has 0 aliphatic heterocycles. The number of thiophene rings is 1. The van der Waals surface area contributed by atoms with E-state index >= 15 is 0 Å². The Balaban J connectivity index is 1.36. The van der Waals surface area contributed by atoms with Crippen LogP contribution < -0.4 is 0 Å². The summed E-state index contributed by atoms with van der Waals surface area (Å²) >= 11 is 1.84. The van der Waals surface area contributed by atoms with Crippen molar-refractivity contribution in [3.8, 4) is 17.1 Å². The van der Waals surface area contributed by atoms with Gasteiger partial charge in [0, 0.05) is 41.9 Å². The molecule has 0 fully saturated rings. The molecule has 0 atom stereocenters. The van der Waals surface area contributed by atoms with Crippen LogP contribution in [0.25, 0.3) is 97.2 Å². The number of nitrogens with zero attached hydrogens (tertiary/aromatic N) is 3. The van der Waals surface area contributed by atoms with Crippen LogP contribution in [0.2, 0.25) is 0 Å². The summed E-state index contributed by atoms with van der Waals surface area (Å²) in [7, 11) is 0. The molecule has 0 bridgehead atoms. The van der Waals surface area contributed by atoms with E-state index in [-0.39, 0.29) is 5.41 Å². The second-order valence-electron chi connectivity index (χ2n) is 14.5. The molecule has 0 saturated carbocycles. The summed E-state index contributed by atoms with van der Waals surface area (Å²) in [6, 6.07) is 46.4. The summed E-state index contributed by atoms with van der Waals surface area (Å²) in [5, 5.41) is 10.1. The van der Waals surface area contributed by atoms with E-state index in [0.29, 0.717) is 0 Å². The summed E-state index contributed by atoms with van der Waals surface area (Å²) in [6.07, 6.45) is 6.63. The molecule has 0 unspecified atom stereocenters. The fraction of sp³-hybridized carbons (Fsp3) is 0.0833. The molecule has 3 nitrogen and oxygen atoms in total. The minimum absolute atomic E-state index is 0.178. The molecule has 10 aromatic rings. The Hall–Kier alpha value is -6.10. The molecule has 1 aliphatic rings. The Kier molecular flexibility index (Phi) is 6.10. The lowest BCUT2D eigenvalue weighted by Crippen LogP contribution is -2.14. The van der Waals surface area contributed by atoms with Gasteiger partial charge in [-0.2, -0.15) is 0 Å². The van der Waals surface area contributed by atoms with Crippen molar-refractivity contribution in [2.45, 2.75) is 26.2 Å². The summed E-state index contributed by atoms with van der Waals surface area (Å²) in [4.78, 5) is 11.0. The predicted octanol–water partition coefficient (Wildman–Crippen LogP) is 13.3. The van der Waals surface area contributed by atoms with Crippen molar-refractivity contribution in [1.82, 2.24) is 14.5 Å². The number of hydrogen-bond acceptors (Lipinski definition) is 3. The van der Waals surface area contributed by atoms with Crippen molar-refractivity contribution in [1.29, 1.82) is 0 Å². The first-order chi connectivity index (χ1) is 25.5. The molecule has 0 N–H and O–H groups in total. The van der Waals surface area contributed by atoms with E-state index in [4.69, 9.17) is 9.97 Å². The Morgan fingerprint density at radius 2 is 1.33 bits per heavy atom. The molecule has 246 valence electrons. The number of fused-ring (bicyclic) bond motifs is 6. The zero-order chi connectivity index (χ0) is 34.7. The van der Waals surface area contributed by atoms with Gasteiger partial charge < -0.3 is 0 Å². The molecule has 3 heterocycles. The molecule has 1 aliphatic carbocycles. The van der Waals surface area contributed by atoms with Gasteiger partial charge in [0.05, 0.1) is 22.1 Å². The van der Waals surface area contributed by atoms with E-state index in [1.54, 1.807) is 0 Å². The molecule has 0 saturated heterocycles. The zero-order valence-electron chi connectivity index (χ0n) is 29.1. The lowest BCUT2D eigenvalue weighted by Gasteiger charge is -2.22. The molecule has 7 aromatic carbocycles. The van der Waals surface area contributed by atoms with Crippen LogP contribution in [0.15, 0.2) is 146 Å². The first kappa shape index (κ1) is 29.6. The van der Waals surface area contributed by atoms with Gasteiger partial charge in [0.25, 0.3) is 0 Å². The highest BCUT2D eigenvalue weighted by molar-refractivity contribution is 7.26. The maximum absolute atomic E-state index is 5.54. The number of para-hydroxylation sites is 2. The van der Waals surface area contributed by atoms with E-state index in [0.717, 1.165) is 39.1 Å². The van der Waals surface area contributed by atoms with Crippen LogP contribution in [0.1, 0.15) is 31.9 Å². The molecule has 11 rings (SSSR count). The molecular weight excluding hydrogens is 651 g/mol. The predicted molar refractivity (Wildman–Crippen MR) is 223 cm³/mol. The Morgan fingerprint density at radius 1 is 0.615 bits per heavy atom. The van der Waals surface area contributed by atoms with Crippen molar-refractivity contribution in [2.75, 3.05) is 0 Å². The van der Waals surface area contributed by atoms with Gasteiger partial charge in [-0.3, -0.25) is 4.57 Å². The maximum Gasteiger partial charge on any atom is 0.165 e. The second-order valence-corrected chi connectivity index (χ2v) is 15.5. The number of aromatic nitrogens is 3. The van der Waals surface area contributed by atoms with E-state index in [1.807, 2.05) is 11.3 Å². The van der Waals surface area contributed by atoms with Crippen LogP contribution in [0, 0.1) is 0 Å². The Labute approximate surface area is 304 Å². The topological polar surface area (TPSA) is 30.7 Å². The van der Waals surface area contributed by atoms with Crippen LogP contribution in [0.5, 0.6) is 0 Å². The Morgan fingerprint density at radius 3 is 2.19 bits per heavy atom. The smallest absolute Gasteiger partial charge is 0.165 e. The average Bonchev–Trinajstić information content (AvgIpc) is 3.78. The third kappa shape index (κ3) is 3.90. The van der Waals surface area contributed by atoms with Crippen LogP contribution in [-0.4, -0.2) is 14.5 Å². The minimum atomic E-state index is -0.178. The number of benzene rings is 6. The van der Waals surface area contributed by atoms with Gasteiger partial charge in [0.2, 0.25) is 0 Å². The highest BCUT2D eigenvalue weighted by Crippen LogP contribution is 2.54. The van der Waals surface area contributed by atoms with Gasteiger partial charge in [-0.15, -0.1) is 11.3 Å². The quantitative estimate of drug-likeness (QED) is 0.186. The van der Waals surface area contributed by atoms with Crippen LogP contribution in [0.4, 0.5) is 0 Å². The normalized spacial score (nSPS) is 14.9. The number of allylic oxidation sites excluding steroid dienone is 4. The molecule has 3 aromatic heterocycles. The van der Waals surface area contributed by atoms with E-state index < -0.39 is 0 Å². The molecule has 4 heteroatoms. The van der Waals surface area contributed by atoms with Crippen molar-refractivity contribution in [3.05, 3.63) is 157 Å². The van der Waals surface area contributed by atoms with Crippen LogP contribution in [-0.2, 0) is 5.41 Å². The van der Waals surface area contributed by atoms with Gasteiger partial charge in [0.15, 0.2) is 5.82 Å². The largest absolute Gasteiger partial charge is 0.292 e. The van der Waals surface area contributed by atoms with Crippen molar-refractivity contribution in [2.24, 2.45) is 0 Å². The third-order valence-electron chi connectivity index (χ3n) is 11.3. The summed E-state index contributed by atoms with van der Waals surface area (Å²) in [5.41, 5.74) is 9.85.